The quantitative estimate of drug-likeness (QED) is 0.805. The van der Waals surface area contributed by atoms with Gasteiger partial charge in [-0.15, -0.1) is 0 Å². The van der Waals surface area contributed by atoms with Crippen molar-refractivity contribution in [3.63, 3.8) is 0 Å². The molecule has 1 rings (SSSR count). The van der Waals surface area contributed by atoms with E-state index >= 15 is 0 Å². The third-order valence-electron chi connectivity index (χ3n) is 1.80. The van der Waals surface area contributed by atoms with E-state index in [0.717, 1.165) is 0 Å². The van der Waals surface area contributed by atoms with E-state index in [1.54, 1.807) is 19.9 Å². The molecular weight excluding hydrogens is 236 g/mol. The third-order valence-corrected chi connectivity index (χ3v) is 3.78. The number of halogens is 1. The van der Waals surface area contributed by atoms with E-state index in [4.69, 9.17) is 17.3 Å². The van der Waals surface area contributed by atoms with Crippen molar-refractivity contribution in [3.05, 3.63) is 23.2 Å². The molecule has 3 N–H and O–H groups in total. The minimum absolute atomic E-state index is 0.383. The van der Waals surface area contributed by atoms with Gasteiger partial charge in [0.25, 0.3) is 0 Å². The molecule has 0 heterocycles. The first kappa shape index (κ1) is 12.1. The first-order valence-electron chi connectivity index (χ1n) is 4.39. The molecule has 0 fully saturated rings. The molecule has 0 aliphatic heterocycles. The highest BCUT2D eigenvalue weighted by Crippen LogP contribution is 2.21. The van der Waals surface area contributed by atoms with E-state index in [9.17, 15) is 8.42 Å². The van der Waals surface area contributed by atoms with Gasteiger partial charge in [-0.25, -0.2) is 8.42 Å². The molecular formula is C9H13ClN2O2S. The van der Waals surface area contributed by atoms with Crippen LogP contribution in [0.3, 0.4) is 0 Å². The Kier molecular flexibility index (Phi) is 3.46. The summed E-state index contributed by atoms with van der Waals surface area (Å²) in [4.78, 5) is 0. The van der Waals surface area contributed by atoms with Gasteiger partial charge in [0.2, 0.25) is 10.0 Å². The summed E-state index contributed by atoms with van der Waals surface area (Å²) in [5.74, 6) is 0. The fourth-order valence-electron chi connectivity index (χ4n) is 0.953. The highest BCUT2D eigenvalue weighted by Gasteiger charge is 2.15. The van der Waals surface area contributed by atoms with Crippen LogP contribution in [0.5, 0.6) is 0 Å². The van der Waals surface area contributed by atoms with Crippen molar-refractivity contribution in [2.75, 3.05) is 10.5 Å². The number of hydrogen-bond donors (Lipinski definition) is 2. The Morgan fingerprint density at radius 2 is 1.93 bits per heavy atom. The first-order valence-corrected chi connectivity index (χ1v) is 6.31. The first-order chi connectivity index (χ1) is 6.81. The Hall–Kier alpha value is -0.940. The summed E-state index contributed by atoms with van der Waals surface area (Å²) in [7, 11) is -3.35. The van der Waals surface area contributed by atoms with E-state index in [-0.39, 0.29) is 0 Å². The standard InChI is InChI=1S/C9H13ClN2O2S/c1-6(2)15(13,14)12-9-4-7(10)3-8(11)5-9/h3-6,12H,11H2,1-2H3. The molecule has 0 aromatic heterocycles. The van der Waals surface area contributed by atoms with Crippen LogP contribution in [0.2, 0.25) is 5.02 Å². The molecule has 0 saturated carbocycles. The third kappa shape index (κ3) is 3.28. The largest absolute Gasteiger partial charge is 0.399 e. The molecule has 4 nitrogen and oxygen atoms in total. The predicted molar refractivity (Wildman–Crippen MR) is 63.5 cm³/mol. The van der Waals surface area contributed by atoms with Gasteiger partial charge < -0.3 is 5.73 Å². The van der Waals surface area contributed by atoms with E-state index in [1.165, 1.54) is 12.1 Å². The number of nitrogens with one attached hydrogen (secondary N) is 1. The molecule has 0 aliphatic rings. The lowest BCUT2D eigenvalue weighted by molar-refractivity contribution is 0.593. The van der Waals surface area contributed by atoms with Crippen molar-refractivity contribution in [1.29, 1.82) is 0 Å². The molecule has 0 bridgehead atoms. The highest BCUT2D eigenvalue weighted by atomic mass is 35.5. The zero-order valence-electron chi connectivity index (χ0n) is 8.49. The zero-order chi connectivity index (χ0) is 11.6. The topological polar surface area (TPSA) is 72.2 Å². The van der Waals surface area contributed by atoms with Gasteiger partial charge in [-0.3, -0.25) is 4.72 Å². The number of rotatable bonds is 3. The Bertz CT molecular complexity index is 437. The monoisotopic (exact) mass is 248 g/mol. The van der Waals surface area contributed by atoms with Gasteiger partial charge in [-0.1, -0.05) is 11.6 Å². The summed E-state index contributed by atoms with van der Waals surface area (Å²) in [5.41, 5.74) is 6.34. The number of nitrogen functional groups attached to an aromatic ring is 1. The fraction of sp³-hybridized carbons (Fsp3) is 0.333. The molecule has 0 amide bonds. The average Bonchev–Trinajstić information content (AvgIpc) is 1.99. The van der Waals surface area contributed by atoms with Gasteiger partial charge in [-0.05, 0) is 32.0 Å². The number of nitrogens with two attached hydrogens (primary N) is 1. The van der Waals surface area contributed by atoms with Crippen LogP contribution in [-0.2, 0) is 10.0 Å². The van der Waals surface area contributed by atoms with E-state index in [0.29, 0.717) is 16.4 Å². The highest BCUT2D eigenvalue weighted by molar-refractivity contribution is 7.93. The molecule has 0 saturated heterocycles. The van der Waals surface area contributed by atoms with Crippen molar-refractivity contribution in [2.45, 2.75) is 19.1 Å². The number of sulfonamides is 1. The van der Waals surface area contributed by atoms with Crippen molar-refractivity contribution < 1.29 is 8.42 Å². The van der Waals surface area contributed by atoms with E-state index in [1.807, 2.05) is 0 Å². The maximum Gasteiger partial charge on any atom is 0.235 e. The van der Waals surface area contributed by atoms with E-state index < -0.39 is 15.3 Å². The minimum atomic E-state index is -3.35. The van der Waals surface area contributed by atoms with Crippen LogP contribution in [0, 0.1) is 0 Å². The summed E-state index contributed by atoms with van der Waals surface area (Å²) >= 11 is 5.74. The van der Waals surface area contributed by atoms with Gasteiger partial charge in [0.1, 0.15) is 0 Å². The number of hydrogen-bond acceptors (Lipinski definition) is 3. The predicted octanol–water partition coefficient (Wildman–Crippen LogP) is 2.07. The maximum atomic E-state index is 11.5. The molecule has 1 aromatic rings. The minimum Gasteiger partial charge on any atom is -0.399 e. The van der Waals surface area contributed by atoms with Crippen molar-refractivity contribution in [2.24, 2.45) is 0 Å². The van der Waals surface area contributed by atoms with E-state index in [2.05, 4.69) is 4.72 Å². The van der Waals surface area contributed by atoms with Gasteiger partial charge in [0.05, 0.1) is 10.9 Å². The zero-order valence-corrected chi connectivity index (χ0v) is 10.1. The Morgan fingerprint density at radius 1 is 1.33 bits per heavy atom. The SMILES string of the molecule is CC(C)S(=O)(=O)Nc1cc(N)cc(Cl)c1. The second-order valence-electron chi connectivity index (χ2n) is 3.47. The lowest BCUT2D eigenvalue weighted by atomic mass is 10.3. The lowest BCUT2D eigenvalue weighted by Crippen LogP contribution is -2.22. The van der Waals surface area contributed by atoms with Crippen LogP contribution in [0.4, 0.5) is 11.4 Å². The molecule has 0 atom stereocenters. The molecule has 84 valence electrons. The van der Waals surface area contributed by atoms with Gasteiger partial charge in [0, 0.05) is 10.7 Å². The molecule has 15 heavy (non-hydrogen) atoms. The van der Waals surface area contributed by atoms with Crippen molar-refractivity contribution in [3.8, 4) is 0 Å². The average molecular weight is 249 g/mol. The second-order valence-corrected chi connectivity index (χ2v) is 6.14. The van der Waals surface area contributed by atoms with Crippen LogP contribution in [0.15, 0.2) is 18.2 Å². The van der Waals surface area contributed by atoms with Crippen molar-refractivity contribution in [1.82, 2.24) is 0 Å². The Balaban J connectivity index is 3.00. The fourth-order valence-corrected chi connectivity index (χ4v) is 1.88. The van der Waals surface area contributed by atoms with Crippen LogP contribution in [0.25, 0.3) is 0 Å². The molecule has 0 radical (unpaired) electrons. The van der Waals surface area contributed by atoms with Crippen LogP contribution in [0.1, 0.15) is 13.8 Å². The van der Waals surface area contributed by atoms with Gasteiger partial charge >= 0.3 is 0 Å². The summed E-state index contributed by atoms with van der Waals surface area (Å²) < 4.78 is 25.5. The maximum absolute atomic E-state index is 11.5. The second kappa shape index (κ2) is 4.28. The smallest absolute Gasteiger partial charge is 0.235 e. The molecule has 0 unspecified atom stereocenters. The summed E-state index contributed by atoms with van der Waals surface area (Å²) in [6, 6.07) is 4.58. The summed E-state index contributed by atoms with van der Waals surface area (Å²) in [5, 5.41) is -0.103. The Labute approximate surface area is 94.5 Å². The summed E-state index contributed by atoms with van der Waals surface area (Å²) in [6.45, 7) is 3.19. The number of benzene rings is 1. The molecule has 0 aliphatic carbocycles. The molecule has 1 aromatic carbocycles. The number of anilines is 2. The summed E-state index contributed by atoms with van der Waals surface area (Å²) in [6.07, 6.45) is 0. The van der Waals surface area contributed by atoms with Gasteiger partial charge in [0.15, 0.2) is 0 Å². The van der Waals surface area contributed by atoms with Crippen LogP contribution < -0.4 is 10.5 Å². The van der Waals surface area contributed by atoms with Gasteiger partial charge in [-0.2, -0.15) is 0 Å². The molecule has 0 spiro atoms. The van der Waals surface area contributed by atoms with Crippen molar-refractivity contribution >= 4 is 33.0 Å². The van der Waals surface area contributed by atoms with Crippen LogP contribution in [-0.4, -0.2) is 13.7 Å². The Morgan fingerprint density at radius 3 is 2.40 bits per heavy atom. The molecule has 6 heteroatoms. The normalized spacial score (nSPS) is 11.7. The lowest BCUT2D eigenvalue weighted by Gasteiger charge is -2.11. The van der Waals surface area contributed by atoms with Crippen LogP contribution >= 0.6 is 11.6 Å².